The molecule has 6 rings (SSSR count). The summed E-state index contributed by atoms with van der Waals surface area (Å²) < 4.78 is 6.31. The van der Waals surface area contributed by atoms with Crippen LogP contribution in [-0.2, 0) is 0 Å². The molecule has 2 atom stereocenters. The van der Waals surface area contributed by atoms with Gasteiger partial charge in [0.15, 0.2) is 0 Å². The highest BCUT2D eigenvalue weighted by Crippen LogP contribution is 2.48. The Balaban J connectivity index is 1.46. The van der Waals surface area contributed by atoms with Crippen LogP contribution in [0, 0.1) is 10.1 Å². The van der Waals surface area contributed by atoms with Crippen LogP contribution in [0.25, 0.3) is 10.8 Å². The van der Waals surface area contributed by atoms with Crippen molar-refractivity contribution in [2.75, 3.05) is 0 Å². The molecule has 2 aliphatic rings. The first-order valence-electron chi connectivity index (χ1n) is 10.6. The number of nitro groups is 1. The van der Waals surface area contributed by atoms with Crippen LogP contribution < -0.4 is 4.74 Å². The number of rotatable bonds is 3. The van der Waals surface area contributed by atoms with E-state index in [0.717, 1.165) is 22.2 Å². The molecule has 0 aromatic heterocycles. The van der Waals surface area contributed by atoms with Gasteiger partial charge in [-0.05, 0) is 40.6 Å². The molecule has 0 fully saturated rings. The van der Waals surface area contributed by atoms with E-state index in [1.54, 1.807) is 18.2 Å². The average molecular weight is 456 g/mol. The maximum atomic E-state index is 11.4. The number of benzene rings is 4. The Bertz CT molecular complexity index is 1450. The third-order valence-electron chi connectivity index (χ3n) is 6.20. The van der Waals surface area contributed by atoms with Gasteiger partial charge in [-0.15, -0.1) is 0 Å². The summed E-state index contributed by atoms with van der Waals surface area (Å²) in [6.45, 7) is 0. The van der Waals surface area contributed by atoms with Crippen LogP contribution in [0.1, 0.15) is 35.4 Å². The van der Waals surface area contributed by atoms with Gasteiger partial charge in [0.05, 0.1) is 16.7 Å². The number of fused-ring (bicyclic) bond motifs is 4. The Morgan fingerprint density at radius 3 is 2.67 bits per heavy atom. The molecule has 4 aromatic rings. The fourth-order valence-electron chi connectivity index (χ4n) is 4.61. The molecule has 6 nitrogen and oxygen atoms in total. The molecule has 2 heterocycles. The van der Waals surface area contributed by atoms with E-state index in [2.05, 4.69) is 30.3 Å². The summed E-state index contributed by atoms with van der Waals surface area (Å²) in [5.41, 5.74) is 3.65. The number of halogens is 1. The molecule has 0 spiro atoms. The van der Waals surface area contributed by atoms with Crippen LogP contribution in [0.3, 0.4) is 0 Å². The molecule has 0 saturated carbocycles. The van der Waals surface area contributed by atoms with Crippen molar-refractivity contribution >= 4 is 33.8 Å². The minimum atomic E-state index is -0.582. The molecule has 33 heavy (non-hydrogen) atoms. The normalized spacial score (nSPS) is 18.9. The molecule has 0 bridgehead atoms. The van der Waals surface area contributed by atoms with Gasteiger partial charge in [0.25, 0.3) is 5.69 Å². The molecule has 0 saturated heterocycles. The van der Waals surface area contributed by atoms with E-state index >= 15 is 0 Å². The zero-order valence-corrected chi connectivity index (χ0v) is 18.1. The molecule has 2 unspecified atom stereocenters. The van der Waals surface area contributed by atoms with Gasteiger partial charge >= 0.3 is 0 Å². The monoisotopic (exact) mass is 455 g/mol. The number of hydrogen-bond acceptors (Lipinski definition) is 5. The van der Waals surface area contributed by atoms with Crippen molar-refractivity contribution in [3.8, 4) is 5.75 Å². The number of non-ortho nitro benzene ring substituents is 1. The van der Waals surface area contributed by atoms with E-state index < -0.39 is 11.2 Å². The van der Waals surface area contributed by atoms with Crippen molar-refractivity contribution in [1.29, 1.82) is 0 Å². The zero-order valence-electron chi connectivity index (χ0n) is 17.4. The predicted octanol–water partition coefficient (Wildman–Crippen LogP) is 6.64. The lowest BCUT2D eigenvalue weighted by Gasteiger charge is -2.38. The lowest BCUT2D eigenvalue weighted by molar-refractivity contribution is -0.385. The summed E-state index contributed by atoms with van der Waals surface area (Å²) in [4.78, 5) is 11.0. The van der Waals surface area contributed by atoms with Crippen molar-refractivity contribution in [3.63, 3.8) is 0 Å². The number of hydrazone groups is 1. The minimum Gasteiger partial charge on any atom is -0.464 e. The topological polar surface area (TPSA) is 68.0 Å². The van der Waals surface area contributed by atoms with Gasteiger partial charge in [-0.1, -0.05) is 60.1 Å². The summed E-state index contributed by atoms with van der Waals surface area (Å²) in [5, 5.41) is 21.2. The molecule has 0 N–H and O–H groups in total. The predicted molar refractivity (Wildman–Crippen MR) is 128 cm³/mol. The minimum absolute atomic E-state index is 0.0208. The second kappa shape index (κ2) is 7.60. The Kier molecular flexibility index (Phi) is 4.55. The van der Waals surface area contributed by atoms with Gasteiger partial charge in [-0.2, -0.15) is 5.10 Å². The van der Waals surface area contributed by atoms with Crippen LogP contribution in [0.4, 0.5) is 5.69 Å². The molecule has 0 aliphatic carbocycles. The fraction of sp³-hybridized carbons (Fsp3) is 0.115. The van der Waals surface area contributed by atoms with E-state index in [4.69, 9.17) is 21.4 Å². The Morgan fingerprint density at radius 2 is 1.82 bits per heavy atom. The molecule has 2 aliphatic heterocycles. The average Bonchev–Trinajstić information content (AvgIpc) is 3.29. The number of nitro benzene ring substituents is 1. The highest BCUT2D eigenvalue weighted by molar-refractivity contribution is 6.30. The molecular formula is C26H18ClN3O3. The van der Waals surface area contributed by atoms with Crippen LogP contribution in [-0.4, -0.2) is 15.6 Å². The number of ether oxygens (including phenoxy) is 1. The summed E-state index contributed by atoms with van der Waals surface area (Å²) in [5.74, 6) is 0.715. The first-order valence-corrected chi connectivity index (χ1v) is 11.0. The van der Waals surface area contributed by atoms with E-state index in [9.17, 15) is 10.1 Å². The lowest BCUT2D eigenvalue weighted by Crippen LogP contribution is -2.33. The Labute approximate surface area is 194 Å². The van der Waals surface area contributed by atoms with E-state index in [1.165, 1.54) is 11.5 Å². The fourth-order valence-corrected chi connectivity index (χ4v) is 4.79. The van der Waals surface area contributed by atoms with Crippen molar-refractivity contribution in [2.45, 2.75) is 18.7 Å². The third-order valence-corrected chi connectivity index (χ3v) is 6.44. The highest BCUT2D eigenvalue weighted by Gasteiger charge is 2.41. The summed E-state index contributed by atoms with van der Waals surface area (Å²) in [6, 6.07) is 26.6. The van der Waals surface area contributed by atoms with Crippen LogP contribution in [0.15, 0.2) is 90.0 Å². The zero-order chi connectivity index (χ0) is 22.5. The number of nitrogens with zero attached hydrogens (tertiary/aromatic N) is 3. The standard InChI is InChI=1S/C26H18ClN3O3/c27-20-10-11-25-22(14-20)24-15-23(18-9-8-16-4-1-2-5-17(16)12-18)28-29(24)26(33-25)19-6-3-7-21(13-19)30(31)32/h1-14,24,26H,15H2. The van der Waals surface area contributed by atoms with Gasteiger partial charge in [-0.3, -0.25) is 10.1 Å². The van der Waals surface area contributed by atoms with Gasteiger partial charge in [0.1, 0.15) is 5.75 Å². The second-order valence-electron chi connectivity index (χ2n) is 8.21. The second-order valence-corrected chi connectivity index (χ2v) is 8.65. The van der Waals surface area contributed by atoms with E-state index in [0.29, 0.717) is 22.8 Å². The summed E-state index contributed by atoms with van der Waals surface area (Å²) in [6.07, 6.45) is 0.0991. The lowest BCUT2D eigenvalue weighted by atomic mass is 9.95. The third kappa shape index (κ3) is 3.39. The summed E-state index contributed by atoms with van der Waals surface area (Å²) in [7, 11) is 0. The Hall–Kier alpha value is -3.90. The van der Waals surface area contributed by atoms with Crippen molar-refractivity contribution in [3.05, 3.63) is 117 Å². The molecule has 4 aromatic carbocycles. The van der Waals surface area contributed by atoms with E-state index in [1.807, 2.05) is 35.3 Å². The van der Waals surface area contributed by atoms with Gasteiger partial charge in [-0.25, -0.2) is 5.01 Å². The SMILES string of the molecule is O=[N+]([O-])c1cccc(C2Oc3ccc(Cl)cc3C3CC(c4ccc5ccccc5c4)=NN32)c1. The highest BCUT2D eigenvalue weighted by atomic mass is 35.5. The van der Waals surface area contributed by atoms with Crippen LogP contribution in [0.5, 0.6) is 5.75 Å². The molecular weight excluding hydrogens is 438 g/mol. The molecule has 162 valence electrons. The van der Waals surface area contributed by atoms with Gasteiger partial charge in [0, 0.05) is 34.7 Å². The maximum absolute atomic E-state index is 11.4. The summed E-state index contributed by atoms with van der Waals surface area (Å²) >= 11 is 6.31. The molecule has 7 heteroatoms. The Morgan fingerprint density at radius 1 is 0.970 bits per heavy atom. The van der Waals surface area contributed by atoms with Crippen molar-refractivity contribution in [1.82, 2.24) is 5.01 Å². The smallest absolute Gasteiger partial charge is 0.269 e. The van der Waals surface area contributed by atoms with Crippen molar-refractivity contribution < 1.29 is 9.66 Å². The van der Waals surface area contributed by atoms with Crippen LogP contribution in [0.2, 0.25) is 5.02 Å². The first-order chi connectivity index (χ1) is 16.1. The largest absolute Gasteiger partial charge is 0.464 e. The number of hydrogen-bond donors (Lipinski definition) is 0. The maximum Gasteiger partial charge on any atom is 0.269 e. The van der Waals surface area contributed by atoms with Gasteiger partial charge in [0.2, 0.25) is 6.23 Å². The molecule has 0 radical (unpaired) electrons. The quantitative estimate of drug-likeness (QED) is 0.256. The first kappa shape index (κ1) is 19.8. The van der Waals surface area contributed by atoms with E-state index in [-0.39, 0.29) is 11.7 Å². The van der Waals surface area contributed by atoms with Crippen molar-refractivity contribution in [2.24, 2.45) is 5.10 Å². The molecule has 0 amide bonds. The van der Waals surface area contributed by atoms with Crippen LogP contribution >= 0.6 is 11.6 Å². The van der Waals surface area contributed by atoms with Gasteiger partial charge < -0.3 is 4.74 Å².